The van der Waals surface area contributed by atoms with E-state index in [1.807, 2.05) is 53.4 Å². The number of likely N-dealkylation sites (tertiary alicyclic amines) is 1. The number of amides is 1. The van der Waals surface area contributed by atoms with Gasteiger partial charge in [-0.2, -0.15) is 0 Å². The van der Waals surface area contributed by atoms with Crippen molar-refractivity contribution in [1.29, 1.82) is 0 Å². The van der Waals surface area contributed by atoms with Gasteiger partial charge in [0.25, 0.3) is 5.91 Å². The van der Waals surface area contributed by atoms with Crippen molar-refractivity contribution in [3.63, 3.8) is 0 Å². The van der Waals surface area contributed by atoms with Gasteiger partial charge < -0.3 is 15.4 Å². The highest BCUT2D eigenvalue weighted by Gasteiger charge is 2.35. The monoisotopic (exact) mass is 465 g/mol. The Kier molecular flexibility index (Phi) is 7.66. The molecular formula is C27H35N3O2S. The second-order valence-corrected chi connectivity index (χ2v) is 9.81. The van der Waals surface area contributed by atoms with E-state index in [2.05, 4.69) is 18.7 Å². The summed E-state index contributed by atoms with van der Waals surface area (Å²) in [6.45, 7) is 6.54. The Morgan fingerprint density at radius 3 is 2.52 bits per heavy atom. The van der Waals surface area contributed by atoms with Gasteiger partial charge in [-0.05, 0) is 64.3 Å². The number of thiocarbonyl (C=S) groups is 1. The summed E-state index contributed by atoms with van der Waals surface area (Å²) >= 11 is 5.12. The van der Waals surface area contributed by atoms with Crippen LogP contribution >= 0.6 is 12.2 Å². The Hall–Kier alpha value is -2.44. The molecule has 176 valence electrons. The SMILES string of the molecule is CC1CCCC(C)N1CCCCCN1C(=O)C(c2cccc(C(N)=S)c2)Oc2ccccc21. The first-order chi connectivity index (χ1) is 16.0. The standard InChI is InChI=1S/C27H35N3O2S/c1-19-10-8-11-20(2)29(19)16-6-3-7-17-30-23-14-4-5-15-24(23)32-25(27(30)31)21-12-9-13-22(18-21)26(28)33/h4-5,9,12-15,18-20,25H,3,6-8,10-11,16-17H2,1-2H3,(H2,28,33). The number of nitrogens with zero attached hydrogens (tertiary/aromatic N) is 2. The van der Waals surface area contributed by atoms with Gasteiger partial charge in [-0.25, -0.2) is 0 Å². The third-order valence-corrected chi connectivity index (χ3v) is 7.27. The Balaban J connectivity index is 1.42. The highest BCUT2D eigenvalue weighted by molar-refractivity contribution is 7.80. The molecule has 3 atom stereocenters. The van der Waals surface area contributed by atoms with E-state index in [1.54, 1.807) is 0 Å². The van der Waals surface area contributed by atoms with Gasteiger partial charge in [0.2, 0.25) is 6.10 Å². The summed E-state index contributed by atoms with van der Waals surface area (Å²) in [5.74, 6) is 0.700. The first-order valence-electron chi connectivity index (χ1n) is 12.2. The molecule has 2 aromatic rings. The number of nitrogens with two attached hydrogens (primary N) is 1. The Morgan fingerprint density at radius 2 is 1.76 bits per heavy atom. The maximum atomic E-state index is 13.5. The molecule has 0 aliphatic carbocycles. The van der Waals surface area contributed by atoms with E-state index >= 15 is 0 Å². The minimum atomic E-state index is -0.691. The lowest BCUT2D eigenvalue weighted by Crippen LogP contribution is -2.44. The number of ether oxygens (including phenoxy) is 1. The number of carbonyl (C=O) groups is 1. The molecule has 6 heteroatoms. The van der Waals surface area contributed by atoms with Crippen LogP contribution < -0.4 is 15.4 Å². The fraction of sp³-hybridized carbons (Fsp3) is 0.481. The van der Waals surface area contributed by atoms with Crippen LogP contribution in [0.3, 0.4) is 0 Å². The number of hydrogen-bond acceptors (Lipinski definition) is 4. The molecule has 0 aromatic heterocycles. The van der Waals surface area contributed by atoms with Crippen LogP contribution in [0.2, 0.25) is 0 Å². The van der Waals surface area contributed by atoms with E-state index in [4.69, 9.17) is 22.7 Å². The van der Waals surface area contributed by atoms with Gasteiger partial charge in [0.1, 0.15) is 10.7 Å². The van der Waals surface area contributed by atoms with Crippen LogP contribution in [0.5, 0.6) is 5.75 Å². The van der Waals surface area contributed by atoms with Crippen LogP contribution in [0.25, 0.3) is 0 Å². The van der Waals surface area contributed by atoms with E-state index in [-0.39, 0.29) is 5.91 Å². The molecule has 2 aliphatic rings. The van der Waals surface area contributed by atoms with Crippen molar-refractivity contribution in [1.82, 2.24) is 4.90 Å². The summed E-state index contributed by atoms with van der Waals surface area (Å²) in [6.07, 6.45) is 6.50. The zero-order valence-electron chi connectivity index (χ0n) is 19.7. The van der Waals surface area contributed by atoms with Crippen molar-refractivity contribution in [2.45, 2.75) is 70.6 Å². The topological polar surface area (TPSA) is 58.8 Å². The summed E-state index contributed by atoms with van der Waals surface area (Å²) in [5.41, 5.74) is 8.17. The summed E-state index contributed by atoms with van der Waals surface area (Å²) in [6, 6.07) is 16.6. The van der Waals surface area contributed by atoms with Crippen molar-refractivity contribution in [2.24, 2.45) is 5.73 Å². The number of piperidine rings is 1. The minimum Gasteiger partial charge on any atom is -0.474 e. The van der Waals surface area contributed by atoms with Crippen LogP contribution in [-0.2, 0) is 4.79 Å². The van der Waals surface area contributed by atoms with Crippen molar-refractivity contribution < 1.29 is 9.53 Å². The number of rotatable bonds is 8. The number of para-hydroxylation sites is 2. The maximum absolute atomic E-state index is 13.5. The molecular weight excluding hydrogens is 430 g/mol. The van der Waals surface area contributed by atoms with Gasteiger partial charge in [-0.3, -0.25) is 9.69 Å². The highest BCUT2D eigenvalue weighted by Crippen LogP contribution is 2.39. The summed E-state index contributed by atoms with van der Waals surface area (Å²) in [5, 5.41) is 0. The van der Waals surface area contributed by atoms with E-state index in [1.165, 1.54) is 19.3 Å². The quantitative estimate of drug-likeness (QED) is 0.428. The Bertz CT molecular complexity index is 985. The molecule has 2 aromatic carbocycles. The second-order valence-electron chi connectivity index (χ2n) is 9.37. The zero-order valence-corrected chi connectivity index (χ0v) is 20.5. The second kappa shape index (κ2) is 10.7. The molecule has 1 saturated heterocycles. The van der Waals surface area contributed by atoms with Crippen LogP contribution in [-0.4, -0.2) is 41.0 Å². The Morgan fingerprint density at radius 1 is 1.03 bits per heavy atom. The average molecular weight is 466 g/mol. The van der Waals surface area contributed by atoms with Gasteiger partial charge in [-0.1, -0.05) is 55.4 Å². The smallest absolute Gasteiger partial charge is 0.272 e. The van der Waals surface area contributed by atoms with E-state index < -0.39 is 6.10 Å². The molecule has 0 spiro atoms. The number of fused-ring (bicyclic) bond motifs is 1. The summed E-state index contributed by atoms with van der Waals surface area (Å²) in [7, 11) is 0. The third kappa shape index (κ3) is 5.39. The van der Waals surface area contributed by atoms with Gasteiger partial charge in [0, 0.05) is 29.8 Å². The van der Waals surface area contributed by atoms with E-state index in [0.29, 0.717) is 23.6 Å². The minimum absolute atomic E-state index is 0.0351. The first kappa shape index (κ1) is 23.7. The van der Waals surface area contributed by atoms with Gasteiger partial charge >= 0.3 is 0 Å². The van der Waals surface area contributed by atoms with E-state index in [9.17, 15) is 4.79 Å². The van der Waals surface area contributed by atoms with Crippen molar-refractivity contribution in [2.75, 3.05) is 18.0 Å². The van der Waals surface area contributed by atoms with Gasteiger partial charge in [0.15, 0.2) is 0 Å². The predicted molar refractivity (Wildman–Crippen MR) is 138 cm³/mol. The van der Waals surface area contributed by atoms with Crippen LogP contribution in [0.4, 0.5) is 5.69 Å². The molecule has 5 nitrogen and oxygen atoms in total. The first-order valence-corrected chi connectivity index (χ1v) is 12.6. The van der Waals surface area contributed by atoms with Gasteiger partial charge in [-0.15, -0.1) is 0 Å². The molecule has 1 fully saturated rings. The summed E-state index contributed by atoms with van der Waals surface area (Å²) < 4.78 is 6.14. The molecule has 4 rings (SSSR count). The maximum Gasteiger partial charge on any atom is 0.272 e. The van der Waals surface area contributed by atoms with Crippen molar-refractivity contribution in [3.8, 4) is 5.75 Å². The average Bonchev–Trinajstić information content (AvgIpc) is 2.81. The zero-order chi connectivity index (χ0) is 23.4. The van der Waals surface area contributed by atoms with Gasteiger partial charge in [0.05, 0.1) is 5.69 Å². The normalized spacial score (nSPS) is 23.2. The van der Waals surface area contributed by atoms with E-state index in [0.717, 1.165) is 48.4 Å². The summed E-state index contributed by atoms with van der Waals surface area (Å²) in [4.78, 5) is 18.4. The van der Waals surface area contributed by atoms with Crippen LogP contribution in [0.15, 0.2) is 48.5 Å². The van der Waals surface area contributed by atoms with Crippen molar-refractivity contribution >= 4 is 28.8 Å². The predicted octanol–water partition coefficient (Wildman–Crippen LogP) is 5.22. The molecule has 2 N–H and O–H groups in total. The fourth-order valence-electron chi connectivity index (χ4n) is 5.17. The number of carbonyl (C=O) groups excluding carboxylic acids is 1. The largest absolute Gasteiger partial charge is 0.474 e. The molecule has 0 saturated carbocycles. The molecule has 0 bridgehead atoms. The molecule has 1 amide bonds. The number of anilines is 1. The number of unbranched alkanes of at least 4 members (excludes halogenated alkanes) is 2. The molecule has 33 heavy (non-hydrogen) atoms. The lowest BCUT2D eigenvalue weighted by molar-refractivity contribution is -0.126. The molecule has 2 heterocycles. The van der Waals surface area contributed by atoms with Crippen LogP contribution in [0.1, 0.15) is 69.6 Å². The van der Waals surface area contributed by atoms with Crippen molar-refractivity contribution in [3.05, 3.63) is 59.7 Å². The number of benzene rings is 2. The highest BCUT2D eigenvalue weighted by atomic mass is 32.1. The Labute approximate surface area is 202 Å². The van der Waals surface area contributed by atoms with Crippen LogP contribution in [0, 0.1) is 0 Å². The lowest BCUT2D eigenvalue weighted by Gasteiger charge is -2.39. The molecule has 3 unspecified atom stereocenters. The molecule has 2 aliphatic heterocycles. The molecule has 0 radical (unpaired) electrons. The third-order valence-electron chi connectivity index (χ3n) is 7.04. The number of hydrogen-bond donors (Lipinski definition) is 1. The fourth-order valence-corrected chi connectivity index (χ4v) is 5.30. The lowest BCUT2D eigenvalue weighted by atomic mass is 9.97.